The van der Waals surface area contributed by atoms with Crippen molar-refractivity contribution in [2.75, 3.05) is 0 Å². The van der Waals surface area contributed by atoms with Crippen LogP contribution >= 0.6 is 0 Å². The van der Waals surface area contributed by atoms with E-state index in [4.69, 9.17) is 0 Å². The van der Waals surface area contributed by atoms with Gasteiger partial charge in [0, 0.05) is 24.4 Å². The minimum Gasteiger partial charge on any atom is -0.273 e. The van der Waals surface area contributed by atoms with Crippen LogP contribution in [0.25, 0.3) is 10.8 Å². The summed E-state index contributed by atoms with van der Waals surface area (Å²) in [7, 11) is 0. The largest absolute Gasteiger partial charge is 0.273 e. The Labute approximate surface area is 172 Å². The van der Waals surface area contributed by atoms with E-state index in [2.05, 4.69) is 63.3 Å². The minimum absolute atomic E-state index is 0.00860. The normalized spacial score (nSPS) is 30.6. The van der Waals surface area contributed by atoms with Gasteiger partial charge in [-0.25, -0.2) is 10.0 Å². The van der Waals surface area contributed by atoms with Gasteiger partial charge in [0.15, 0.2) is 0 Å². The first kappa shape index (κ1) is 18.6. The highest BCUT2D eigenvalue weighted by atomic mass is 16.2. The summed E-state index contributed by atoms with van der Waals surface area (Å²) in [6, 6.07) is 14.7. The van der Waals surface area contributed by atoms with Gasteiger partial charge in [-0.1, -0.05) is 55.5 Å². The Morgan fingerprint density at radius 1 is 1.07 bits per heavy atom. The van der Waals surface area contributed by atoms with E-state index in [1.807, 2.05) is 17.1 Å². The zero-order valence-corrected chi connectivity index (χ0v) is 17.3. The van der Waals surface area contributed by atoms with Gasteiger partial charge in [-0.05, 0) is 60.4 Å². The maximum atomic E-state index is 13.6. The van der Waals surface area contributed by atoms with E-state index >= 15 is 0 Å². The van der Waals surface area contributed by atoms with Gasteiger partial charge in [0.1, 0.15) is 0 Å². The molecule has 29 heavy (non-hydrogen) atoms. The van der Waals surface area contributed by atoms with E-state index in [0.29, 0.717) is 24.8 Å². The number of fused-ring (bicyclic) bond motifs is 3. The van der Waals surface area contributed by atoms with Crippen molar-refractivity contribution in [3.05, 3.63) is 60.2 Å². The molecule has 0 N–H and O–H groups in total. The van der Waals surface area contributed by atoms with Crippen molar-refractivity contribution in [2.45, 2.75) is 45.7 Å². The molecule has 1 aliphatic heterocycles. The smallest absolute Gasteiger partial charge is 0.247 e. The van der Waals surface area contributed by atoms with Gasteiger partial charge in [0.25, 0.3) is 0 Å². The van der Waals surface area contributed by atoms with Crippen LogP contribution in [0.5, 0.6) is 0 Å². The molecule has 2 amide bonds. The van der Waals surface area contributed by atoms with Gasteiger partial charge in [0.05, 0.1) is 0 Å². The Hall–Kier alpha value is -2.46. The van der Waals surface area contributed by atoms with Crippen LogP contribution in [-0.2, 0) is 16.1 Å². The fourth-order valence-electron chi connectivity index (χ4n) is 5.60. The van der Waals surface area contributed by atoms with Gasteiger partial charge in [0.2, 0.25) is 11.8 Å². The fourth-order valence-corrected chi connectivity index (χ4v) is 5.60. The molecule has 2 aliphatic carbocycles. The van der Waals surface area contributed by atoms with Crippen molar-refractivity contribution >= 4 is 22.6 Å². The highest BCUT2D eigenvalue weighted by Gasteiger charge is 2.53. The molecule has 0 radical (unpaired) electrons. The molecular formula is C25H28N2O2. The fraction of sp³-hybridized carbons (Fsp3) is 0.440. The van der Waals surface area contributed by atoms with Crippen LogP contribution in [0.3, 0.4) is 0 Å². The Morgan fingerprint density at radius 2 is 1.79 bits per heavy atom. The van der Waals surface area contributed by atoms with Gasteiger partial charge in [-0.15, -0.1) is 0 Å². The lowest BCUT2D eigenvalue weighted by Gasteiger charge is -2.38. The molecule has 0 aromatic heterocycles. The van der Waals surface area contributed by atoms with Crippen molar-refractivity contribution < 1.29 is 9.59 Å². The van der Waals surface area contributed by atoms with Gasteiger partial charge in [-0.2, -0.15) is 0 Å². The number of benzene rings is 2. The highest BCUT2D eigenvalue weighted by Crippen LogP contribution is 2.49. The number of rotatable bonds is 3. The first-order valence-corrected chi connectivity index (χ1v) is 10.7. The van der Waals surface area contributed by atoms with Crippen molar-refractivity contribution in [1.29, 1.82) is 0 Å². The number of hydrogen-bond acceptors (Lipinski definition) is 3. The van der Waals surface area contributed by atoms with Crippen LogP contribution < -0.4 is 0 Å². The van der Waals surface area contributed by atoms with E-state index < -0.39 is 0 Å². The first-order chi connectivity index (χ1) is 13.8. The van der Waals surface area contributed by atoms with E-state index in [0.717, 1.165) is 12.0 Å². The molecule has 3 aliphatic rings. The quantitative estimate of drug-likeness (QED) is 0.572. The zero-order chi connectivity index (χ0) is 20.3. The molecule has 2 aromatic carbocycles. The molecule has 4 heteroatoms. The average Bonchev–Trinajstić information content (AvgIpc) is 3.33. The van der Waals surface area contributed by atoms with Crippen LogP contribution in [-0.4, -0.2) is 27.4 Å². The van der Waals surface area contributed by atoms with E-state index in [-0.39, 0.29) is 29.2 Å². The number of allylic oxidation sites excluding steroid dienone is 2. The number of carbonyl (C=O) groups excluding carboxylic acids is 2. The number of nitrogens with zero attached hydrogens (tertiary/aromatic N) is 2. The van der Waals surface area contributed by atoms with Gasteiger partial charge < -0.3 is 0 Å². The predicted molar refractivity (Wildman–Crippen MR) is 113 cm³/mol. The highest BCUT2D eigenvalue weighted by molar-refractivity contribution is 5.98. The third kappa shape index (κ3) is 2.93. The molecule has 1 saturated heterocycles. The van der Waals surface area contributed by atoms with Crippen molar-refractivity contribution in [3.63, 3.8) is 0 Å². The monoisotopic (exact) mass is 388 g/mol. The molecule has 2 aromatic rings. The second kappa shape index (κ2) is 6.53. The summed E-state index contributed by atoms with van der Waals surface area (Å²) < 4.78 is 0. The third-order valence-electron chi connectivity index (χ3n) is 7.25. The van der Waals surface area contributed by atoms with Gasteiger partial charge in [-0.3, -0.25) is 9.59 Å². The molecule has 1 saturated carbocycles. The Kier molecular flexibility index (Phi) is 4.18. The van der Waals surface area contributed by atoms with E-state index in [9.17, 15) is 9.59 Å². The standard InChI is InChI=1S/C25H28N2O2/c1-16-19-10-11-21(13-19)23(16)24(29)27-22(28)14-25(2,3)26(27)15-17-8-9-18-6-4-5-7-20(18)12-17/h4-12,16,19,21,23H,13-15H2,1-3H3/t16?,19-,21+,23-/m0/s1. The second-order valence-electron chi connectivity index (χ2n) is 9.61. The number of carbonyl (C=O) groups is 2. The van der Waals surface area contributed by atoms with Gasteiger partial charge >= 0.3 is 0 Å². The zero-order valence-electron chi connectivity index (χ0n) is 17.3. The van der Waals surface area contributed by atoms with Crippen LogP contribution in [0.4, 0.5) is 0 Å². The van der Waals surface area contributed by atoms with Crippen LogP contribution in [0.1, 0.15) is 39.2 Å². The molecule has 4 nitrogen and oxygen atoms in total. The lowest BCUT2D eigenvalue weighted by atomic mass is 9.83. The Bertz CT molecular complexity index is 1020. The molecule has 5 rings (SSSR count). The minimum atomic E-state index is -0.380. The molecule has 1 unspecified atom stereocenters. The maximum Gasteiger partial charge on any atom is 0.247 e. The topological polar surface area (TPSA) is 40.6 Å². The lowest BCUT2D eigenvalue weighted by Crippen LogP contribution is -2.52. The van der Waals surface area contributed by atoms with Crippen molar-refractivity contribution in [2.24, 2.45) is 23.7 Å². The first-order valence-electron chi connectivity index (χ1n) is 10.7. The molecule has 4 atom stereocenters. The second-order valence-corrected chi connectivity index (χ2v) is 9.61. The summed E-state index contributed by atoms with van der Waals surface area (Å²) >= 11 is 0. The maximum absolute atomic E-state index is 13.6. The number of hydrogen-bond donors (Lipinski definition) is 0. The van der Waals surface area contributed by atoms with E-state index in [1.54, 1.807) is 0 Å². The van der Waals surface area contributed by atoms with Crippen LogP contribution in [0.15, 0.2) is 54.6 Å². The Balaban J connectivity index is 1.46. The van der Waals surface area contributed by atoms with Crippen molar-refractivity contribution in [3.8, 4) is 0 Å². The molecule has 2 bridgehead atoms. The molecular weight excluding hydrogens is 360 g/mol. The predicted octanol–water partition coefficient (Wildman–Crippen LogP) is 4.55. The Morgan fingerprint density at radius 3 is 2.52 bits per heavy atom. The van der Waals surface area contributed by atoms with Crippen molar-refractivity contribution in [1.82, 2.24) is 10.0 Å². The lowest BCUT2D eigenvalue weighted by molar-refractivity contribution is -0.166. The summed E-state index contributed by atoms with van der Waals surface area (Å²) in [5, 5.41) is 5.87. The number of amides is 2. The molecule has 150 valence electrons. The molecule has 0 spiro atoms. The third-order valence-corrected chi connectivity index (χ3v) is 7.25. The van der Waals surface area contributed by atoms with Crippen LogP contribution in [0.2, 0.25) is 0 Å². The molecule has 2 fully saturated rings. The summed E-state index contributed by atoms with van der Waals surface area (Å²) in [4.78, 5) is 26.5. The summed E-state index contributed by atoms with van der Waals surface area (Å²) in [5.74, 6) is 0.902. The summed E-state index contributed by atoms with van der Waals surface area (Å²) in [6.45, 7) is 6.84. The number of hydrazine groups is 1. The van der Waals surface area contributed by atoms with Crippen LogP contribution in [0, 0.1) is 23.7 Å². The average molecular weight is 389 g/mol. The summed E-state index contributed by atoms with van der Waals surface area (Å²) in [6.07, 6.45) is 5.86. The number of imide groups is 1. The molecule has 1 heterocycles. The van der Waals surface area contributed by atoms with E-state index in [1.165, 1.54) is 15.8 Å². The SMILES string of the molecule is CC1[C@H]2C=C[C@H](C2)[C@H]1C(=O)N1C(=O)CC(C)(C)N1Cc1ccc2ccccc2c1. The summed E-state index contributed by atoms with van der Waals surface area (Å²) in [5.41, 5.74) is 0.736.